The van der Waals surface area contributed by atoms with Gasteiger partial charge in [-0.25, -0.2) is 4.39 Å². The molecule has 7 heteroatoms. The smallest absolute Gasteiger partial charge is 0.234 e. The number of hydrogen-bond acceptors (Lipinski definition) is 4. The summed E-state index contributed by atoms with van der Waals surface area (Å²) < 4.78 is 18.3. The van der Waals surface area contributed by atoms with Crippen LogP contribution in [0.4, 0.5) is 10.1 Å². The molecule has 0 saturated carbocycles. The largest absolute Gasteiger partial charge is 0.497 e. The van der Waals surface area contributed by atoms with Crippen molar-refractivity contribution in [2.75, 3.05) is 18.2 Å². The van der Waals surface area contributed by atoms with E-state index in [1.165, 1.54) is 36.0 Å². The van der Waals surface area contributed by atoms with E-state index < -0.39 is 5.82 Å². The fraction of sp³-hybridized carbons (Fsp3) is 0.158. The van der Waals surface area contributed by atoms with Crippen molar-refractivity contribution in [3.8, 4) is 5.75 Å². The zero-order valence-electron chi connectivity index (χ0n) is 14.0. The van der Waals surface area contributed by atoms with Gasteiger partial charge in [0.2, 0.25) is 5.91 Å². The minimum Gasteiger partial charge on any atom is -0.497 e. The second-order valence-electron chi connectivity index (χ2n) is 5.62. The predicted molar refractivity (Wildman–Crippen MR) is 102 cm³/mol. The van der Waals surface area contributed by atoms with E-state index in [0.29, 0.717) is 33.8 Å². The average molecular weight is 372 g/mol. The molecule has 0 bridgehead atoms. The number of aromatic amines is 1. The maximum atomic E-state index is 13.2. The molecule has 1 heterocycles. The van der Waals surface area contributed by atoms with Crippen molar-refractivity contribution < 1.29 is 13.9 Å². The number of ether oxygens (including phenoxy) is 1. The first-order chi connectivity index (χ1) is 12.5. The number of fused-ring (bicyclic) bond motifs is 1. The third kappa shape index (κ3) is 4.43. The Bertz CT molecular complexity index is 1000. The Balaban J connectivity index is 1.59. The number of aromatic nitrogens is 1. The van der Waals surface area contributed by atoms with Gasteiger partial charge in [-0.15, -0.1) is 11.8 Å². The van der Waals surface area contributed by atoms with Crippen LogP contribution < -0.4 is 15.5 Å². The van der Waals surface area contributed by atoms with E-state index in [-0.39, 0.29) is 17.1 Å². The predicted octanol–water partition coefficient (Wildman–Crippen LogP) is 3.55. The molecule has 0 atom stereocenters. The first kappa shape index (κ1) is 18.0. The zero-order chi connectivity index (χ0) is 18.5. The van der Waals surface area contributed by atoms with Crippen molar-refractivity contribution in [1.82, 2.24) is 4.98 Å². The number of anilines is 1. The molecule has 0 spiro atoms. The first-order valence-electron chi connectivity index (χ1n) is 7.88. The highest BCUT2D eigenvalue weighted by Gasteiger charge is 2.07. The molecule has 26 heavy (non-hydrogen) atoms. The van der Waals surface area contributed by atoms with Crippen molar-refractivity contribution in [1.29, 1.82) is 0 Å². The van der Waals surface area contributed by atoms with Crippen LogP contribution in [0.25, 0.3) is 10.9 Å². The molecule has 1 amide bonds. The summed E-state index contributed by atoms with van der Waals surface area (Å²) in [4.78, 5) is 27.2. The average Bonchev–Trinajstić information content (AvgIpc) is 2.62. The lowest BCUT2D eigenvalue weighted by molar-refractivity contribution is -0.113. The number of amides is 1. The monoisotopic (exact) mass is 372 g/mol. The van der Waals surface area contributed by atoms with Crippen molar-refractivity contribution in [2.45, 2.75) is 5.75 Å². The Morgan fingerprint density at radius 3 is 2.88 bits per heavy atom. The third-order valence-electron chi connectivity index (χ3n) is 3.69. The molecule has 2 aromatic carbocycles. The highest BCUT2D eigenvalue weighted by Crippen LogP contribution is 2.18. The Labute approximate surface area is 153 Å². The normalized spacial score (nSPS) is 10.7. The van der Waals surface area contributed by atoms with E-state index in [0.717, 1.165) is 0 Å². The fourth-order valence-corrected chi connectivity index (χ4v) is 3.24. The first-order valence-corrected chi connectivity index (χ1v) is 9.04. The number of carbonyl (C=O) groups excluding carboxylic acids is 1. The summed E-state index contributed by atoms with van der Waals surface area (Å²) in [5, 5.41) is 3.11. The van der Waals surface area contributed by atoms with Crippen LogP contribution in [-0.4, -0.2) is 23.8 Å². The molecule has 3 rings (SSSR count). The number of hydrogen-bond donors (Lipinski definition) is 2. The Kier molecular flexibility index (Phi) is 5.58. The molecule has 0 aliphatic heterocycles. The lowest BCUT2D eigenvalue weighted by Gasteiger charge is -2.07. The lowest BCUT2D eigenvalue weighted by atomic mass is 10.2. The Morgan fingerprint density at radius 1 is 1.23 bits per heavy atom. The van der Waals surface area contributed by atoms with Gasteiger partial charge in [0.25, 0.3) is 0 Å². The number of nitrogens with one attached hydrogen (secondary N) is 2. The summed E-state index contributed by atoms with van der Waals surface area (Å²) in [5.74, 6) is 0.780. The number of rotatable bonds is 6. The number of carbonyl (C=O) groups is 1. The topological polar surface area (TPSA) is 71.2 Å². The fourth-order valence-electron chi connectivity index (χ4n) is 2.50. The molecule has 2 N–H and O–H groups in total. The van der Waals surface area contributed by atoms with Crippen molar-refractivity contribution >= 4 is 34.3 Å². The maximum Gasteiger partial charge on any atom is 0.234 e. The van der Waals surface area contributed by atoms with Gasteiger partial charge < -0.3 is 15.0 Å². The summed E-state index contributed by atoms with van der Waals surface area (Å²) in [5.41, 5.74) is 1.69. The summed E-state index contributed by atoms with van der Waals surface area (Å²) in [7, 11) is 1.56. The Morgan fingerprint density at radius 2 is 2.08 bits per heavy atom. The lowest BCUT2D eigenvalue weighted by Crippen LogP contribution is -2.14. The van der Waals surface area contributed by atoms with E-state index in [1.54, 1.807) is 31.4 Å². The number of methoxy groups -OCH3 is 1. The minimum absolute atomic E-state index is 0.145. The number of pyridine rings is 1. The molecule has 0 unspecified atom stereocenters. The summed E-state index contributed by atoms with van der Waals surface area (Å²) in [6.45, 7) is 0. The van der Waals surface area contributed by atoms with E-state index in [4.69, 9.17) is 4.74 Å². The summed E-state index contributed by atoms with van der Waals surface area (Å²) in [6, 6.07) is 12.6. The highest BCUT2D eigenvalue weighted by molar-refractivity contribution is 7.99. The molecule has 0 saturated heterocycles. The van der Waals surface area contributed by atoms with Crippen LogP contribution in [0.15, 0.2) is 53.3 Å². The van der Waals surface area contributed by atoms with Gasteiger partial charge in [0, 0.05) is 40.2 Å². The van der Waals surface area contributed by atoms with Gasteiger partial charge in [0.1, 0.15) is 11.6 Å². The SMILES string of the molecule is COc1cccc(NC(=O)CSCc2cc(=O)c3cc(F)ccc3[nH]2)c1. The van der Waals surface area contributed by atoms with Gasteiger partial charge in [-0.1, -0.05) is 6.07 Å². The molecule has 0 fully saturated rings. The van der Waals surface area contributed by atoms with E-state index in [1.807, 2.05) is 0 Å². The highest BCUT2D eigenvalue weighted by atomic mass is 32.2. The van der Waals surface area contributed by atoms with Crippen LogP contribution >= 0.6 is 11.8 Å². The number of H-pyrrole nitrogens is 1. The van der Waals surface area contributed by atoms with Crippen molar-refractivity contribution in [3.05, 3.63) is 70.3 Å². The molecule has 5 nitrogen and oxygen atoms in total. The third-order valence-corrected chi connectivity index (χ3v) is 4.67. The van der Waals surface area contributed by atoms with E-state index >= 15 is 0 Å². The number of benzene rings is 2. The van der Waals surface area contributed by atoms with Gasteiger partial charge in [-0.3, -0.25) is 9.59 Å². The van der Waals surface area contributed by atoms with Crippen LogP contribution in [0.5, 0.6) is 5.75 Å². The van der Waals surface area contributed by atoms with Gasteiger partial charge in [-0.2, -0.15) is 0 Å². The van der Waals surface area contributed by atoms with E-state index in [9.17, 15) is 14.0 Å². The number of halogens is 1. The molecule has 0 aliphatic carbocycles. The second-order valence-corrected chi connectivity index (χ2v) is 6.61. The molecule has 0 radical (unpaired) electrons. The van der Waals surface area contributed by atoms with Gasteiger partial charge in [0.05, 0.1) is 12.9 Å². The van der Waals surface area contributed by atoms with Crippen LogP contribution in [-0.2, 0) is 10.5 Å². The summed E-state index contributed by atoms with van der Waals surface area (Å²) >= 11 is 1.38. The van der Waals surface area contributed by atoms with Crippen LogP contribution in [0.2, 0.25) is 0 Å². The number of thioether (sulfide) groups is 1. The molecular weight excluding hydrogens is 355 g/mol. The van der Waals surface area contributed by atoms with Crippen molar-refractivity contribution in [2.24, 2.45) is 0 Å². The minimum atomic E-state index is -0.445. The molecule has 0 aliphatic rings. The molecule has 134 valence electrons. The van der Waals surface area contributed by atoms with Gasteiger partial charge in [-0.05, 0) is 30.3 Å². The zero-order valence-corrected chi connectivity index (χ0v) is 14.9. The van der Waals surface area contributed by atoms with Crippen LogP contribution in [0, 0.1) is 5.82 Å². The van der Waals surface area contributed by atoms with Gasteiger partial charge >= 0.3 is 0 Å². The summed E-state index contributed by atoms with van der Waals surface area (Å²) in [6.07, 6.45) is 0. The van der Waals surface area contributed by atoms with E-state index in [2.05, 4.69) is 10.3 Å². The molecule has 3 aromatic rings. The van der Waals surface area contributed by atoms with Crippen molar-refractivity contribution in [3.63, 3.8) is 0 Å². The second kappa shape index (κ2) is 8.05. The van der Waals surface area contributed by atoms with Crippen LogP contribution in [0.1, 0.15) is 5.69 Å². The quantitative estimate of drug-likeness (QED) is 0.694. The molecular formula is C19H17FN2O3S. The molecule has 1 aromatic heterocycles. The maximum absolute atomic E-state index is 13.2. The van der Waals surface area contributed by atoms with Crippen LogP contribution in [0.3, 0.4) is 0 Å². The standard InChI is InChI=1S/C19H17FN2O3S/c1-25-15-4-2-3-13(8-15)22-19(24)11-26-10-14-9-18(23)16-7-12(20)5-6-17(16)21-14/h2-9H,10-11H2,1H3,(H,21,23)(H,22,24). The van der Waals surface area contributed by atoms with Gasteiger partial charge in [0.15, 0.2) is 5.43 Å². The Hall–Kier alpha value is -2.80.